The van der Waals surface area contributed by atoms with E-state index in [1.54, 1.807) is 24.3 Å². The maximum atomic E-state index is 12.5. The predicted molar refractivity (Wildman–Crippen MR) is 116 cm³/mol. The van der Waals surface area contributed by atoms with Gasteiger partial charge in [0.25, 0.3) is 5.91 Å². The highest BCUT2D eigenvalue weighted by atomic mass is 32.2. The molecule has 2 aromatic carbocycles. The Balaban J connectivity index is 1.49. The van der Waals surface area contributed by atoms with Crippen LogP contribution in [0.15, 0.2) is 54.6 Å². The first-order valence-corrected chi connectivity index (χ1v) is 11.8. The van der Waals surface area contributed by atoms with Crippen molar-refractivity contribution in [3.8, 4) is 0 Å². The molecule has 1 aliphatic rings. The lowest BCUT2D eigenvalue weighted by Crippen LogP contribution is -2.37. The molecule has 7 heteroatoms. The summed E-state index contributed by atoms with van der Waals surface area (Å²) in [6, 6.07) is 17.0. The normalized spacial score (nSPS) is 17.2. The van der Waals surface area contributed by atoms with Gasteiger partial charge in [-0.1, -0.05) is 43.7 Å². The zero-order valence-corrected chi connectivity index (χ0v) is 17.6. The minimum absolute atomic E-state index is 0.104. The average Bonchev–Trinajstić information content (AvgIpc) is 3.14. The highest BCUT2D eigenvalue weighted by molar-refractivity contribution is 7.92. The maximum absolute atomic E-state index is 12.5. The van der Waals surface area contributed by atoms with Crippen molar-refractivity contribution >= 4 is 21.6 Å². The summed E-state index contributed by atoms with van der Waals surface area (Å²) in [7, 11) is -3.34. The van der Waals surface area contributed by atoms with Crippen molar-refractivity contribution < 1.29 is 13.2 Å². The Morgan fingerprint density at radius 3 is 2.52 bits per heavy atom. The molecule has 3 rings (SSSR count). The van der Waals surface area contributed by atoms with Crippen LogP contribution < -0.4 is 10.0 Å². The number of nitrogens with zero attached hydrogens (tertiary/aromatic N) is 1. The van der Waals surface area contributed by atoms with Crippen molar-refractivity contribution in [1.82, 2.24) is 10.2 Å². The zero-order valence-electron chi connectivity index (χ0n) is 16.8. The molecule has 1 amide bonds. The SMILES string of the molecule is CCCCS(=O)(=O)Nc1ccc(C(=O)N[C@@H]2CCN(Cc3ccccc3)C2)cc1. The minimum atomic E-state index is -3.34. The highest BCUT2D eigenvalue weighted by Gasteiger charge is 2.24. The number of anilines is 1. The summed E-state index contributed by atoms with van der Waals surface area (Å²) in [6.45, 7) is 4.63. The first-order chi connectivity index (χ1) is 13.9. The Morgan fingerprint density at radius 1 is 1.10 bits per heavy atom. The summed E-state index contributed by atoms with van der Waals surface area (Å²) in [5.41, 5.74) is 2.28. The first-order valence-electron chi connectivity index (χ1n) is 10.1. The second kappa shape index (κ2) is 9.89. The lowest BCUT2D eigenvalue weighted by Gasteiger charge is -2.17. The number of carbonyl (C=O) groups is 1. The lowest BCUT2D eigenvalue weighted by atomic mass is 10.1. The molecular formula is C22H29N3O3S. The molecule has 0 unspecified atom stereocenters. The Morgan fingerprint density at radius 2 is 1.83 bits per heavy atom. The van der Waals surface area contributed by atoms with Crippen molar-refractivity contribution in [1.29, 1.82) is 0 Å². The highest BCUT2D eigenvalue weighted by Crippen LogP contribution is 2.16. The quantitative estimate of drug-likeness (QED) is 0.659. The topological polar surface area (TPSA) is 78.5 Å². The van der Waals surface area contributed by atoms with E-state index in [1.165, 1.54) is 5.56 Å². The number of hydrogen-bond acceptors (Lipinski definition) is 4. The van der Waals surface area contributed by atoms with Crippen molar-refractivity contribution in [2.75, 3.05) is 23.6 Å². The fraction of sp³-hybridized carbons (Fsp3) is 0.409. The monoisotopic (exact) mass is 415 g/mol. The fourth-order valence-electron chi connectivity index (χ4n) is 3.46. The molecule has 0 radical (unpaired) electrons. The second-order valence-electron chi connectivity index (χ2n) is 7.53. The van der Waals surface area contributed by atoms with Gasteiger partial charge in [0.1, 0.15) is 0 Å². The third-order valence-corrected chi connectivity index (χ3v) is 6.42. The Hall–Kier alpha value is -2.38. The minimum Gasteiger partial charge on any atom is -0.348 e. The van der Waals surface area contributed by atoms with Crippen LogP contribution in [0.3, 0.4) is 0 Å². The van der Waals surface area contributed by atoms with Gasteiger partial charge in [0.05, 0.1) is 5.75 Å². The van der Waals surface area contributed by atoms with Gasteiger partial charge >= 0.3 is 0 Å². The van der Waals surface area contributed by atoms with Crippen molar-refractivity contribution in [3.63, 3.8) is 0 Å². The number of benzene rings is 2. The number of hydrogen-bond donors (Lipinski definition) is 2. The van der Waals surface area contributed by atoms with Gasteiger partial charge in [-0.15, -0.1) is 0 Å². The molecule has 0 bridgehead atoms. The molecule has 2 aromatic rings. The van der Waals surface area contributed by atoms with E-state index in [9.17, 15) is 13.2 Å². The van der Waals surface area contributed by atoms with Crippen LogP contribution in [-0.4, -0.2) is 44.1 Å². The van der Waals surface area contributed by atoms with Crippen molar-refractivity contribution in [2.45, 2.75) is 38.8 Å². The standard InChI is InChI=1S/C22H29N3O3S/c1-2-3-15-29(27,28)24-20-11-9-19(10-12-20)22(26)23-21-13-14-25(17-21)16-18-7-5-4-6-8-18/h4-12,21,24H,2-3,13-17H2,1H3,(H,23,26)/t21-/m1/s1. The first kappa shape index (κ1) is 21.3. The van der Waals surface area contributed by atoms with Crippen LogP contribution in [0, 0.1) is 0 Å². The summed E-state index contributed by atoms with van der Waals surface area (Å²) in [6.07, 6.45) is 2.37. The zero-order chi connectivity index (χ0) is 20.7. The third-order valence-electron chi connectivity index (χ3n) is 5.04. The number of sulfonamides is 1. The number of amides is 1. The van der Waals surface area contributed by atoms with Gasteiger partial charge < -0.3 is 5.32 Å². The molecule has 1 saturated heterocycles. The molecule has 6 nitrogen and oxygen atoms in total. The Labute approximate surface area is 173 Å². The molecule has 0 aliphatic carbocycles. The van der Waals surface area contributed by atoms with Crippen LogP contribution in [0.25, 0.3) is 0 Å². The summed E-state index contributed by atoms with van der Waals surface area (Å²) in [5.74, 6) is -0.0238. The lowest BCUT2D eigenvalue weighted by molar-refractivity contribution is 0.0937. The van der Waals surface area contributed by atoms with Gasteiger partial charge in [-0.25, -0.2) is 8.42 Å². The Kier molecular flexibility index (Phi) is 7.28. The number of carbonyl (C=O) groups excluding carboxylic acids is 1. The smallest absolute Gasteiger partial charge is 0.251 e. The summed E-state index contributed by atoms with van der Waals surface area (Å²) < 4.78 is 26.5. The summed E-state index contributed by atoms with van der Waals surface area (Å²) in [4.78, 5) is 14.9. The fourth-order valence-corrected chi connectivity index (χ4v) is 4.72. The van der Waals surface area contributed by atoms with E-state index in [2.05, 4.69) is 27.1 Å². The number of nitrogens with one attached hydrogen (secondary N) is 2. The largest absolute Gasteiger partial charge is 0.348 e. The van der Waals surface area contributed by atoms with Crippen LogP contribution in [0.4, 0.5) is 5.69 Å². The number of likely N-dealkylation sites (tertiary alicyclic amines) is 1. The van der Waals surface area contributed by atoms with Gasteiger partial charge in [0, 0.05) is 36.9 Å². The summed E-state index contributed by atoms with van der Waals surface area (Å²) in [5, 5.41) is 3.09. The second-order valence-corrected chi connectivity index (χ2v) is 9.37. The molecule has 1 fully saturated rings. The van der Waals surface area contributed by atoms with Gasteiger partial charge in [0.15, 0.2) is 0 Å². The number of unbranched alkanes of at least 4 members (excludes halogenated alkanes) is 1. The van der Waals surface area contributed by atoms with E-state index in [0.29, 0.717) is 17.7 Å². The molecule has 2 N–H and O–H groups in total. The van der Waals surface area contributed by atoms with Crippen LogP contribution in [0.5, 0.6) is 0 Å². The summed E-state index contributed by atoms with van der Waals surface area (Å²) >= 11 is 0. The van der Waals surface area contributed by atoms with Gasteiger partial charge in [-0.2, -0.15) is 0 Å². The molecule has 1 aliphatic heterocycles. The Bertz CT molecular complexity index is 899. The van der Waals surface area contributed by atoms with Gasteiger partial charge in [-0.05, 0) is 42.7 Å². The van der Waals surface area contributed by atoms with Crippen LogP contribution in [-0.2, 0) is 16.6 Å². The van der Waals surface area contributed by atoms with Crippen molar-refractivity contribution in [2.24, 2.45) is 0 Å². The molecule has 0 spiro atoms. The van der Waals surface area contributed by atoms with Crippen LogP contribution >= 0.6 is 0 Å². The van der Waals surface area contributed by atoms with Gasteiger partial charge in [-0.3, -0.25) is 14.4 Å². The van der Waals surface area contributed by atoms with Crippen molar-refractivity contribution in [3.05, 3.63) is 65.7 Å². The van der Waals surface area contributed by atoms with Gasteiger partial charge in [0.2, 0.25) is 10.0 Å². The van der Waals surface area contributed by atoms with Crippen LogP contribution in [0.1, 0.15) is 42.1 Å². The van der Waals surface area contributed by atoms with E-state index in [-0.39, 0.29) is 17.7 Å². The molecule has 156 valence electrons. The molecular weight excluding hydrogens is 386 g/mol. The number of rotatable bonds is 9. The van der Waals surface area contributed by atoms with Crippen LogP contribution in [0.2, 0.25) is 0 Å². The third kappa shape index (κ3) is 6.58. The van der Waals surface area contributed by atoms with E-state index < -0.39 is 10.0 Å². The molecule has 1 atom stereocenters. The predicted octanol–water partition coefficient (Wildman–Crippen LogP) is 3.23. The molecule has 0 saturated carbocycles. The average molecular weight is 416 g/mol. The van der Waals surface area contributed by atoms with E-state index >= 15 is 0 Å². The molecule has 0 aromatic heterocycles. The molecule has 29 heavy (non-hydrogen) atoms. The van der Waals surface area contributed by atoms with E-state index in [0.717, 1.165) is 32.5 Å². The molecule has 1 heterocycles. The van der Waals surface area contributed by atoms with E-state index in [4.69, 9.17) is 0 Å². The maximum Gasteiger partial charge on any atom is 0.251 e. The van der Waals surface area contributed by atoms with E-state index in [1.807, 2.05) is 25.1 Å².